The largest absolute Gasteiger partial charge is 0.315 e. The van der Waals surface area contributed by atoms with Gasteiger partial charge in [0, 0.05) is 23.3 Å². The quantitative estimate of drug-likeness (QED) is 0.674. The van der Waals surface area contributed by atoms with Crippen molar-refractivity contribution in [1.29, 1.82) is 0 Å². The summed E-state index contributed by atoms with van der Waals surface area (Å²) in [5, 5.41) is 2.42. The van der Waals surface area contributed by atoms with Crippen molar-refractivity contribution in [3.05, 3.63) is 77.1 Å². The minimum Gasteiger partial charge on any atom is -0.315 e. The number of anilines is 1. The Kier molecular flexibility index (Phi) is 4.30. The van der Waals surface area contributed by atoms with Crippen LogP contribution in [0.25, 0.3) is 10.8 Å². The van der Waals surface area contributed by atoms with E-state index < -0.39 is 5.82 Å². The summed E-state index contributed by atoms with van der Waals surface area (Å²) in [6.45, 7) is 0. The minimum absolute atomic E-state index is 0.0746. The Bertz CT molecular complexity index is 858. The molecule has 3 aromatic carbocycles. The lowest BCUT2D eigenvalue weighted by atomic mass is 10.1. The maximum atomic E-state index is 13.8. The molecule has 0 N–H and O–H groups in total. The monoisotopic (exact) mass is 327 g/mol. The molecule has 0 radical (unpaired) electrons. The van der Waals surface area contributed by atoms with Crippen LogP contribution < -0.4 is 4.90 Å². The maximum absolute atomic E-state index is 13.8. The zero-order chi connectivity index (χ0) is 16.4. The van der Waals surface area contributed by atoms with E-state index in [1.165, 1.54) is 17.0 Å². The van der Waals surface area contributed by atoms with Crippen molar-refractivity contribution in [3.8, 4) is 0 Å². The van der Waals surface area contributed by atoms with Gasteiger partial charge in [-0.05, 0) is 35.0 Å². The second-order valence-electron chi connectivity index (χ2n) is 5.36. The van der Waals surface area contributed by atoms with Crippen LogP contribution in [-0.2, 0) is 11.2 Å². The third-order valence-corrected chi connectivity index (χ3v) is 4.24. The molecule has 1 amide bonds. The molecule has 0 saturated carbocycles. The van der Waals surface area contributed by atoms with Gasteiger partial charge in [-0.25, -0.2) is 4.39 Å². The Morgan fingerprint density at radius 1 is 1.04 bits per heavy atom. The van der Waals surface area contributed by atoms with E-state index in [0.717, 1.165) is 16.5 Å². The van der Waals surface area contributed by atoms with Crippen molar-refractivity contribution in [2.24, 2.45) is 0 Å². The second kappa shape index (κ2) is 6.39. The van der Waals surface area contributed by atoms with Gasteiger partial charge in [0.2, 0.25) is 5.91 Å². The molecule has 0 fully saturated rings. The van der Waals surface area contributed by atoms with Gasteiger partial charge < -0.3 is 4.90 Å². The summed E-state index contributed by atoms with van der Waals surface area (Å²) in [7, 11) is 1.68. The first kappa shape index (κ1) is 15.5. The SMILES string of the molecule is CN(C(=O)Cc1c(F)cccc1Cl)c1ccc2ccccc2c1. The van der Waals surface area contributed by atoms with Crippen molar-refractivity contribution < 1.29 is 9.18 Å². The van der Waals surface area contributed by atoms with E-state index in [1.807, 2.05) is 42.5 Å². The number of halogens is 2. The van der Waals surface area contributed by atoms with Gasteiger partial charge in [-0.15, -0.1) is 0 Å². The zero-order valence-electron chi connectivity index (χ0n) is 12.6. The highest BCUT2D eigenvalue weighted by atomic mass is 35.5. The topological polar surface area (TPSA) is 20.3 Å². The van der Waals surface area contributed by atoms with Crippen LogP contribution in [-0.4, -0.2) is 13.0 Å². The summed E-state index contributed by atoms with van der Waals surface area (Å²) < 4.78 is 13.8. The molecule has 0 heterocycles. The Morgan fingerprint density at radius 3 is 2.52 bits per heavy atom. The lowest BCUT2D eigenvalue weighted by Gasteiger charge is -2.18. The summed E-state index contributed by atoms with van der Waals surface area (Å²) in [4.78, 5) is 14.0. The average molecular weight is 328 g/mol. The fraction of sp³-hybridized carbons (Fsp3) is 0.105. The van der Waals surface area contributed by atoms with Gasteiger partial charge in [-0.1, -0.05) is 48.0 Å². The number of fused-ring (bicyclic) bond motifs is 1. The van der Waals surface area contributed by atoms with Gasteiger partial charge in [0.05, 0.1) is 6.42 Å². The molecule has 116 valence electrons. The molecule has 0 unspecified atom stereocenters. The summed E-state index contributed by atoms with van der Waals surface area (Å²) in [6.07, 6.45) is -0.0746. The molecule has 0 bridgehead atoms. The Morgan fingerprint density at radius 2 is 1.78 bits per heavy atom. The number of likely N-dealkylation sites (N-methyl/N-ethyl adjacent to an activating group) is 1. The summed E-state index contributed by atoms with van der Waals surface area (Å²) in [5.41, 5.74) is 0.993. The molecular formula is C19H15ClFNO. The van der Waals surface area contributed by atoms with E-state index in [4.69, 9.17) is 11.6 Å². The summed E-state index contributed by atoms with van der Waals surface area (Å²) >= 11 is 5.99. The van der Waals surface area contributed by atoms with Gasteiger partial charge in [-0.2, -0.15) is 0 Å². The van der Waals surface area contributed by atoms with Crippen molar-refractivity contribution in [2.75, 3.05) is 11.9 Å². The van der Waals surface area contributed by atoms with Crippen LogP contribution in [0.4, 0.5) is 10.1 Å². The zero-order valence-corrected chi connectivity index (χ0v) is 13.3. The molecule has 23 heavy (non-hydrogen) atoms. The van der Waals surface area contributed by atoms with Crippen molar-refractivity contribution >= 4 is 34.0 Å². The van der Waals surface area contributed by atoms with Crippen molar-refractivity contribution in [1.82, 2.24) is 0 Å². The molecule has 0 aliphatic rings. The first-order valence-electron chi connectivity index (χ1n) is 7.24. The standard InChI is InChI=1S/C19H15ClFNO/c1-22(15-10-9-13-5-2-3-6-14(13)11-15)19(23)12-16-17(20)7-4-8-18(16)21/h2-11H,12H2,1H3. The maximum Gasteiger partial charge on any atom is 0.231 e. The van der Waals surface area contributed by atoms with Crippen LogP contribution in [0.1, 0.15) is 5.56 Å². The lowest BCUT2D eigenvalue weighted by Crippen LogP contribution is -2.28. The fourth-order valence-corrected chi connectivity index (χ4v) is 2.73. The third-order valence-electron chi connectivity index (χ3n) is 3.88. The molecule has 2 nitrogen and oxygen atoms in total. The molecule has 0 spiro atoms. The average Bonchev–Trinajstić information content (AvgIpc) is 2.57. The molecule has 0 aliphatic carbocycles. The predicted octanol–water partition coefficient (Wildman–Crippen LogP) is 4.84. The van der Waals surface area contributed by atoms with Crippen LogP contribution >= 0.6 is 11.6 Å². The van der Waals surface area contributed by atoms with Gasteiger partial charge >= 0.3 is 0 Å². The van der Waals surface area contributed by atoms with Gasteiger partial charge in [-0.3, -0.25) is 4.79 Å². The van der Waals surface area contributed by atoms with E-state index in [-0.39, 0.29) is 22.9 Å². The summed E-state index contributed by atoms with van der Waals surface area (Å²) in [5.74, 6) is -0.676. The van der Waals surface area contributed by atoms with Crippen LogP contribution in [0.15, 0.2) is 60.7 Å². The first-order chi connectivity index (χ1) is 11.1. The fourth-order valence-electron chi connectivity index (χ4n) is 2.50. The van der Waals surface area contributed by atoms with Gasteiger partial charge in [0.25, 0.3) is 0 Å². The molecule has 0 saturated heterocycles. The smallest absolute Gasteiger partial charge is 0.231 e. The Balaban J connectivity index is 1.86. The summed E-state index contributed by atoms with van der Waals surface area (Å²) in [6, 6.07) is 18.1. The van der Waals surface area contributed by atoms with Crippen LogP contribution in [0.2, 0.25) is 5.02 Å². The Labute approximate surface area is 139 Å². The number of amides is 1. The van der Waals surface area contributed by atoms with E-state index in [9.17, 15) is 9.18 Å². The lowest BCUT2D eigenvalue weighted by molar-refractivity contribution is -0.117. The molecule has 4 heteroatoms. The first-order valence-corrected chi connectivity index (χ1v) is 7.62. The normalized spacial score (nSPS) is 10.7. The Hall–Kier alpha value is -2.39. The molecule has 0 atom stereocenters. The molecule has 0 aromatic heterocycles. The third kappa shape index (κ3) is 3.20. The number of benzene rings is 3. The molecule has 0 aliphatic heterocycles. The van der Waals surface area contributed by atoms with Crippen LogP contribution in [0, 0.1) is 5.82 Å². The van der Waals surface area contributed by atoms with E-state index >= 15 is 0 Å². The number of hydrogen-bond acceptors (Lipinski definition) is 1. The second-order valence-corrected chi connectivity index (χ2v) is 5.77. The highest BCUT2D eigenvalue weighted by Crippen LogP contribution is 2.24. The molecular weight excluding hydrogens is 313 g/mol. The van der Waals surface area contributed by atoms with Crippen LogP contribution in [0.5, 0.6) is 0 Å². The van der Waals surface area contributed by atoms with Crippen LogP contribution in [0.3, 0.4) is 0 Å². The number of rotatable bonds is 3. The van der Waals surface area contributed by atoms with E-state index in [2.05, 4.69) is 0 Å². The number of carbonyl (C=O) groups is 1. The molecule has 3 rings (SSSR count). The van der Waals surface area contributed by atoms with Gasteiger partial charge in [0.1, 0.15) is 5.82 Å². The van der Waals surface area contributed by atoms with E-state index in [1.54, 1.807) is 13.1 Å². The predicted molar refractivity (Wildman–Crippen MR) is 92.5 cm³/mol. The minimum atomic E-state index is -0.460. The van der Waals surface area contributed by atoms with Gasteiger partial charge in [0.15, 0.2) is 0 Å². The highest BCUT2D eigenvalue weighted by Gasteiger charge is 2.16. The van der Waals surface area contributed by atoms with Crippen molar-refractivity contribution in [3.63, 3.8) is 0 Å². The number of carbonyl (C=O) groups excluding carboxylic acids is 1. The number of nitrogens with zero attached hydrogens (tertiary/aromatic N) is 1. The van der Waals surface area contributed by atoms with Crippen molar-refractivity contribution in [2.45, 2.75) is 6.42 Å². The number of hydrogen-bond donors (Lipinski definition) is 0. The molecule has 3 aromatic rings. The van der Waals surface area contributed by atoms with E-state index in [0.29, 0.717) is 0 Å². The highest BCUT2D eigenvalue weighted by molar-refractivity contribution is 6.31.